The van der Waals surface area contributed by atoms with Crippen LogP contribution in [0, 0.1) is 0 Å². The van der Waals surface area contributed by atoms with E-state index in [1.54, 1.807) is 44.3 Å². The van der Waals surface area contributed by atoms with Crippen LogP contribution in [0.3, 0.4) is 0 Å². The lowest BCUT2D eigenvalue weighted by molar-refractivity contribution is -0.121. The van der Waals surface area contributed by atoms with E-state index in [2.05, 4.69) is 9.56 Å². The van der Waals surface area contributed by atoms with Crippen molar-refractivity contribution in [3.63, 3.8) is 0 Å². The number of amides is 1. The molecule has 0 unspecified atom stereocenters. The second-order valence-electron chi connectivity index (χ2n) is 8.60. The van der Waals surface area contributed by atoms with E-state index in [0.29, 0.717) is 44.5 Å². The summed E-state index contributed by atoms with van der Waals surface area (Å²) in [6.45, 7) is 2.64. The van der Waals surface area contributed by atoms with Crippen LogP contribution in [0.2, 0.25) is 10.0 Å². The fourth-order valence-electron chi connectivity index (χ4n) is 4.14. The molecule has 0 radical (unpaired) electrons. The summed E-state index contributed by atoms with van der Waals surface area (Å²) in [6, 6.07) is 20.3. The Morgan fingerprint density at radius 1 is 1.08 bits per heavy atom. The number of hydrogen-bond donors (Lipinski definition) is 0. The quantitative estimate of drug-likeness (QED) is 0.181. The zero-order valence-corrected chi connectivity index (χ0v) is 23.0. The number of ether oxygens (including phenoxy) is 1. The van der Waals surface area contributed by atoms with E-state index < -0.39 is 0 Å². The number of esters is 1. The average Bonchev–Trinajstić information content (AvgIpc) is 3.38. The number of carbonyl (C=O) groups is 2. The van der Waals surface area contributed by atoms with Crippen LogP contribution >= 0.6 is 35.0 Å². The molecular formula is C29H23Cl2N3O3S. The number of carbonyl (C=O) groups excluding carboxylic acids is 2. The van der Waals surface area contributed by atoms with Crippen LogP contribution in [0.25, 0.3) is 17.0 Å². The maximum Gasteiger partial charge on any atom is 0.338 e. The monoisotopic (exact) mass is 563 g/mol. The molecule has 1 aliphatic rings. The van der Waals surface area contributed by atoms with Gasteiger partial charge in [0.15, 0.2) is 5.17 Å². The van der Waals surface area contributed by atoms with Crippen molar-refractivity contribution in [3.8, 4) is 0 Å². The van der Waals surface area contributed by atoms with Crippen molar-refractivity contribution in [2.45, 2.75) is 13.5 Å². The van der Waals surface area contributed by atoms with Crippen LogP contribution in [0.4, 0.5) is 5.69 Å². The number of thioether (sulfide) groups is 1. The Balaban J connectivity index is 1.43. The topological polar surface area (TPSA) is 63.9 Å². The smallest absolute Gasteiger partial charge is 0.338 e. The molecule has 1 aromatic heterocycles. The average molecular weight is 564 g/mol. The second-order valence-corrected chi connectivity index (χ2v) is 10.5. The summed E-state index contributed by atoms with van der Waals surface area (Å²) < 4.78 is 7.14. The first-order valence-electron chi connectivity index (χ1n) is 11.9. The van der Waals surface area contributed by atoms with Gasteiger partial charge in [0.25, 0.3) is 5.91 Å². The summed E-state index contributed by atoms with van der Waals surface area (Å²) in [4.78, 5) is 31.7. The maximum atomic E-state index is 13.1. The van der Waals surface area contributed by atoms with Gasteiger partial charge in [0.2, 0.25) is 0 Å². The van der Waals surface area contributed by atoms with E-state index in [-0.39, 0.29) is 11.9 Å². The Morgan fingerprint density at radius 3 is 2.58 bits per heavy atom. The van der Waals surface area contributed by atoms with Gasteiger partial charge in [-0.25, -0.2) is 9.79 Å². The fraction of sp³-hybridized carbons (Fsp3) is 0.138. The van der Waals surface area contributed by atoms with E-state index in [0.717, 1.165) is 22.0 Å². The predicted molar refractivity (Wildman–Crippen MR) is 155 cm³/mol. The Kier molecular flexibility index (Phi) is 7.61. The largest absolute Gasteiger partial charge is 0.462 e. The molecule has 0 saturated carbocycles. The van der Waals surface area contributed by atoms with Gasteiger partial charge in [0, 0.05) is 46.3 Å². The third-order valence-corrected chi connectivity index (χ3v) is 7.72. The van der Waals surface area contributed by atoms with Crippen molar-refractivity contribution < 1.29 is 14.3 Å². The summed E-state index contributed by atoms with van der Waals surface area (Å²) in [7, 11) is 1.70. The summed E-state index contributed by atoms with van der Waals surface area (Å²) >= 11 is 13.8. The Bertz CT molecular complexity index is 1610. The first-order chi connectivity index (χ1) is 18.3. The normalized spacial score (nSPS) is 15.7. The van der Waals surface area contributed by atoms with Crippen LogP contribution in [-0.4, -0.2) is 40.2 Å². The highest BCUT2D eigenvalue weighted by molar-refractivity contribution is 8.18. The molecule has 4 aromatic rings. The van der Waals surface area contributed by atoms with Crippen molar-refractivity contribution in [1.82, 2.24) is 9.47 Å². The number of rotatable bonds is 6. The molecule has 0 aliphatic carbocycles. The summed E-state index contributed by atoms with van der Waals surface area (Å²) in [5, 5.41) is 2.78. The lowest BCUT2D eigenvalue weighted by Gasteiger charge is -2.08. The highest BCUT2D eigenvalue weighted by atomic mass is 35.5. The molecule has 192 valence electrons. The van der Waals surface area contributed by atoms with Gasteiger partial charge in [0.05, 0.1) is 22.8 Å². The van der Waals surface area contributed by atoms with Crippen LogP contribution in [-0.2, 0) is 16.1 Å². The standard InChI is InChI=1S/C29H23Cl2N3O3S/c1-3-37-28(36)18-9-12-22(13-10-18)32-29-33(2)27(35)26(38-29)14-20-17-34(25-7-5-4-6-23(20)25)16-19-8-11-21(30)15-24(19)31/h4-15,17H,3,16H2,1-2H3. The van der Waals surface area contributed by atoms with Crippen LogP contribution in [0.5, 0.6) is 0 Å². The molecule has 6 nitrogen and oxygen atoms in total. The van der Waals surface area contributed by atoms with Crippen molar-refractivity contribution in [1.29, 1.82) is 0 Å². The summed E-state index contributed by atoms with van der Waals surface area (Å²) in [5.74, 6) is -0.508. The van der Waals surface area contributed by atoms with Gasteiger partial charge in [0.1, 0.15) is 0 Å². The SMILES string of the molecule is CCOC(=O)c1ccc(N=C2SC(=Cc3cn(Cc4ccc(Cl)cc4Cl)c4ccccc34)C(=O)N2C)cc1. The third-order valence-electron chi connectivity index (χ3n) is 6.07. The highest BCUT2D eigenvalue weighted by Crippen LogP contribution is 2.35. The summed E-state index contributed by atoms with van der Waals surface area (Å²) in [6.07, 6.45) is 3.93. The molecule has 38 heavy (non-hydrogen) atoms. The Hall–Kier alpha value is -3.52. The minimum absolute atomic E-state index is 0.130. The van der Waals surface area contributed by atoms with Gasteiger partial charge < -0.3 is 9.30 Å². The van der Waals surface area contributed by atoms with Gasteiger partial charge in [-0.3, -0.25) is 9.69 Å². The molecule has 9 heteroatoms. The number of fused-ring (bicyclic) bond motifs is 1. The minimum atomic E-state index is -0.378. The van der Waals surface area contributed by atoms with Crippen molar-refractivity contribution in [2.24, 2.45) is 4.99 Å². The molecule has 3 aromatic carbocycles. The van der Waals surface area contributed by atoms with E-state index >= 15 is 0 Å². The molecule has 1 aliphatic heterocycles. The first-order valence-corrected chi connectivity index (χ1v) is 13.5. The minimum Gasteiger partial charge on any atom is -0.462 e. The van der Waals surface area contributed by atoms with Crippen molar-refractivity contribution >= 4 is 74.7 Å². The van der Waals surface area contributed by atoms with Gasteiger partial charge in [-0.15, -0.1) is 0 Å². The van der Waals surface area contributed by atoms with Gasteiger partial charge in [-0.2, -0.15) is 0 Å². The number of aliphatic imine (C=N–C) groups is 1. The zero-order valence-electron chi connectivity index (χ0n) is 20.7. The third kappa shape index (κ3) is 5.36. The van der Waals surface area contributed by atoms with E-state index in [4.69, 9.17) is 27.9 Å². The van der Waals surface area contributed by atoms with Crippen LogP contribution in [0.1, 0.15) is 28.4 Å². The number of amidine groups is 1. The first kappa shape index (κ1) is 26.1. The van der Waals surface area contributed by atoms with E-state index in [1.165, 1.54) is 16.7 Å². The van der Waals surface area contributed by atoms with Crippen molar-refractivity contribution in [2.75, 3.05) is 13.7 Å². The van der Waals surface area contributed by atoms with Gasteiger partial charge in [-0.1, -0.05) is 47.5 Å². The number of likely N-dealkylation sites (N-methyl/N-ethyl adjacent to an activating group) is 1. The predicted octanol–water partition coefficient (Wildman–Crippen LogP) is 7.41. The number of halogens is 2. The fourth-order valence-corrected chi connectivity index (χ4v) is 5.59. The molecular weight excluding hydrogens is 541 g/mol. The molecule has 1 saturated heterocycles. The number of hydrogen-bond acceptors (Lipinski definition) is 5. The molecule has 0 bridgehead atoms. The molecule has 1 fully saturated rings. The number of nitrogens with zero attached hydrogens (tertiary/aromatic N) is 3. The molecule has 0 N–H and O–H groups in total. The highest BCUT2D eigenvalue weighted by Gasteiger charge is 2.30. The Labute approximate surface area is 234 Å². The van der Waals surface area contributed by atoms with E-state index in [1.807, 2.05) is 48.7 Å². The zero-order chi connectivity index (χ0) is 26.8. The lowest BCUT2D eigenvalue weighted by Crippen LogP contribution is -2.23. The molecule has 1 amide bonds. The molecule has 5 rings (SSSR count). The molecule has 0 atom stereocenters. The van der Waals surface area contributed by atoms with Crippen molar-refractivity contribution in [3.05, 3.63) is 105 Å². The van der Waals surface area contributed by atoms with Crippen LogP contribution in [0.15, 0.2) is 82.8 Å². The van der Waals surface area contributed by atoms with Gasteiger partial charge in [-0.05, 0) is 72.8 Å². The van der Waals surface area contributed by atoms with Crippen LogP contribution < -0.4 is 0 Å². The molecule has 0 spiro atoms. The number of aromatic nitrogens is 1. The number of benzene rings is 3. The summed E-state index contributed by atoms with van der Waals surface area (Å²) in [5.41, 5.74) is 4.00. The second kappa shape index (κ2) is 11.1. The lowest BCUT2D eigenvalue weighted by atomic mass is 10.1. The Morgan fingerprint density at radius 2 is 1.84 bits per heavy atom. The maximum absolute atomic E-state index is 13.1. The van der Waals surface area contributed by atoms with Gasteiger partial charge >= 0.3 is 5.97 Å². The molecule has 2 heterocycles. The van der Waals surface area contributed by atoms with E-state index in [9.17, 15) is 9.59 Å². The number of para-hydroxylation sites is 1.